The molecule has 0 aliphatic rings. The van der Waals surface area contributed by atoms with Gasteiger partial charge in [-0.25, -0.2) is 4.39 Å². The Kier molecular flexibility index (Phi) is 4.06. The summed E-state index contributed by atoms with van der Waals surface area (Å²) in [6.45, 7) is 0. The molecule has 0 unspecified atom stereocenters. The first-order chi connectivity index (χ1) is 9.63. The second-order valence-electron chi connectivity index (χ2n) is 4.11. The van der Waals surface area contributed by atoms with Gasteiger partial charge in [0, 0.05) is 12.1 Å². The lowest BCUT2D eigenvalue weighted by Gasteiger charge is -2.11. The SMILES string of the molecule is COc1cc(Oc2ccc(CC#N)cc2)c(N)cc1F. The van der Waals surface area contributed by atoms with Crippen molar-refractivity contribution in [3.05, 3.63) is 47.8 Å². The zero-order valence-electron chi connectivity index (χ0n) is 10.9. The van der Waals surface area contributed by atoms with Crippen LogP contribution in [0.15, 0.2) is 36.4 Å². The third kappa shape index (κ3) is 2.98. The summed E-state index contributed by atoms with van der Waals surface area (Å²) in [5, 5.41) is 8.60. The van der Waals surface area contributed by atoms with E-state index in [1.165, 1.54) is 13.2 Å². The van der Waals surface area contributed by atoms with E-state index in [4.69, 9.17) is 20.5 Å². The van der Waals surface area contributed by atoms with Crippen LogP contribution in [0.1, 0.15) is 5.56 Å². The molecule has 0 spiro atoms. The molecule has 2 aromatic carbocycles. The smallest absolute Gasteiger partial charge is 0.167 e. The molecule has 0 aliphatic heterocycles. The number of ether oxygens (including phenoxy) is 2. The van der Waals surface area contributed by atoms with Gasteiger partial charge in [-0.15, -0.1) is 0 Å². The normalized spacial score (nSPS) is 9.85. The molecule has 0 amide bonds. The molecule has 0 saturated heterocycles. The van der Waals surface area contributed by atoms with Gasteiger partial charge in [-0.05, 0) is 17.7 Å². The average Bonchev–Trinajstić information content (AvgIpc) is 2.44. The average molecular weight is 272 g/mol. The van der Waals surface area contributed by atoms with E-state index in [0.29, 0.717) is 17.9 Å². The number of nitriles is 1. The maximum Gasteiger partial charge on any atom is 0.167 e. The molecule has 0 bridgehead atoms. The van der Waals surface area contributed by atoms with Crippen LogP contribution in [0.25, 0.3) is 0 Å². The second-order valence-corrected chi connectivity index (χ2v) is 4.11. The summed E-state index contributed by atoms with van der Waals surface area (Å²) < 4.78 is 23.9. The second kappa shape index (κ2) is 5.93. The largest absolute Gasteiger partial charge is 0.494 e. The molecule has 0 heterocycles. The fraction of sp³-hybridized carbons (Fsp3) is 0.133. The molecule has 0 atom stereocenters. The molecule has 4 nitrogen and oxygen atoms in total. The van der Waals surface area contributed by atoms with Gasteiger partial charge in [0.15, 0.2) is 17.3 Å². The van der Waals surface area contributed by atoms with Crippen LogP contribution in [-0.2, 0) is 6.42 Å². The molecule has 2 N–H and O–H groups in total. The van der Waals surface area contributed by atoms with Crippen molar-refractivity contribution in [3.8, 4) is 23.3 Å². The topological polar surface area (TPSA) is 68.3 Å². The summed E-state index contributed by atoms with van der Waals surface area (Å²) in [5.74, 6) is 0.389. The van der Waals surface area contributed by atoms with E-state index in [1.54, 1.807) is 24.3 Å². The van der Waals surface area contributed by atoms with Crippen LogP contribution in [-0.4, -0.2) is 7.11 Å². The number of nitrogens with zero attached hydrogens (tertiary/aromatic N) is 1. The lowest BCUT2D eigenvalue weighted by Crippen LogP contribution is -1.96. The van der Waals surface area contributed by atoms with Crippen LogP contribution in [0.3, 0.4) is 0 Å². The van der Waals surface area contributed by atoms with Crippen molar-refractivity contribution in [1.82, 2.24) is 0 Å². The first kappa shape index (κ1) is 13.7. The van der Waals surface area contributed by atoms with E-state index in [2.05, 4.69) is 6.07 Å². The van der Waals surface area contributed by atoms with Crippen molar-refractivity contribution < 1.29 is 13.9 Å². The highest BCUT2D eigenvalue weighted by Gasteiger charge is 2.10. The summed E-state index contributed by atoms with van der Waals surface area (Å²) in [7, 11) is 1.37. The first-order valence-corrected chi connectivity index (χ1v) is 5.91. The molecule has 0 fully saturated rings. The van der Waals surface area contributed by atoms with Crippen LogP contribution in [0, 0.1) is 17.1 Å². The Hall–Kier alpha value is -2.74. The van der Waals surface area contributed by atoms with Gasteiger partial charge < -0.3 is 15.2 Å². The lowest BCUT2D eigenvalue weighted by molar-refractivity contribution is 0.382. The summed E-state index contributed by atoms with van der Waals surface area (Å²) in [4.78, 5) is 0. The number of methoxy groups -OCH3 is 1. The number of rotatable bonds is 4. The van der Waals surface area contributed by atoms with Crippen molar-refractivity contribution in [2.24, 2.45) is 0 Å². The Labute approximate surface area is 116 Å². The quantitative estimate of drug-likeness (QED) is 0.867. The molecule has 5 heteroatoms. The molecule has 20 heavy (non-hydrogen) atoms. The van der Waals surface area contributed by atoms with Crippen LogP contribution in [0.5, 0.6) is 17.2 Å². The van der Waals surface area contributed by atoms with Gasteiger partial charge in [0.25, 0.3) is 0 Å². The molecular formula is C15H13FN2O2. The van der Waals surface area contributed by atoms with Gasteiger partial charge in [0.1, 0.15) is 5.75 Å². The third-order valence-corrected chi connectivity index (χ3v) is 2.72. The maximum atomic E-state index is 13.4. The number of halogens is 1. The fourth-order valence-electron chi connectivity index (χ4n) is 1.69. The van der Waals surface area contributed by atoms with Gasteiger partial charge in [0.2, 0.25) is 0 Å². The monoisotopic (exact) mass is 272 g/mol. The highest BCUT2D eigenvalue weighted by atomic mass is 19.1. The summed E-state index contributed by atoms with van der Waals surface area (Å²) in [6, 6.07) is 11.6. The molecule has 0 aliphatic carbocycles. The summed E-state index contributed by atoms with van der Waals surface area (Å²) >= 11 is 0. The van der Waals surface area contributed by atoms with E-state index >= 15 is 0 Å². The highest BCUT2D eigenvalue weighted by molar-refractivity contribution is 5.57. The molecule has 0 radical (unpaired) electrons. The zero-order valence-corrected chi connectivity index (χ0v) is 10.9. The molecule has 2 rings (SSSR count). The predicted molar refractivity (Wildman–Crippen MR) is 73.2 cm³/mol. The number of benzene rings is 2. The summed E-state index contributed by atoms with van der Waals surface area (Å²) in [5.41, 5.74) is 6.78. The Morgan fingerprint density at radius 3 is 2.50 bits per heavy atom. The number of hydrogen-bond acceptors (Lipinski definition) is 4. The number of hydrogen-bond donors (Lipinski definition) is 1. The van der Waals surface area contributed by atoms with Crippen LogP contribution < -0.4 is 15.2 Å². The number of anilines is 1. The molecule has 0 aromatic heterocycles. The van der Waals surface area contributed by atoms with Gasteiger partial charge in [-0.1, -0.05) is 12.1 Å². The van der Waals surface area contributed by atoms with E-state index < -0.39 is 5.82 Å². The van der Waals surface area contributed by atoms with Gasteiger partial charge in [0.05, 0.1) is 25.3 Å². The van der Waals surface area contributed by atoms with Gasteiger partial charge in [-0.2, -0.15) is 5.26 Å². The zero-order chi connectivity index (χ0) is 14.5. The first-order valence-electron chi connectivity index (χ1n) is 5.91. The Morgan fingerprint density at radius 2 is 1.90 bits per heavy atom. The van der Waals surface area contributed by atoms with Crippen molar-refractivity contribution in [2.75, 3.05) is 12.8 Å². The minimum absolute atomic E-state index is 0.0651. The Bertz CT molecular complexity index is 648. The maximum absolute atomic E-state index is 13.4. The van der Waals surface area contributed by atoms with Gasteiger partial charge in [-0.3, -0.25) is 0 Å². The van der Waals surface area contributed by atoms with Crippen LogP contribution >= 0.6 is 0 Å². The van der Waals surface area contributed by atoms with Crippen molar-refractivity contribution in [1.29, 1.82) is 5.26 Å². The van der Waals surface area contributed by atoms with Crippen molar-refractivity contribution >= 4 is 5.69 Å². The summed E-state index contributed by atoms with van der Waals surface area (Å²) in [6.07, 6.45) is 0.340. The van der Waals surface area contributed by atoms with Crippen LogP contribution in [0.4, 0.5) is 10.1 Å². The molecule has 2 aromatic rings. The highest BCUT2D eigenvalue weighted by Crippen LogP contribution is 2.33. The number of nitrogen functional groups attached to an aromatic ring is 1. The predicted octanol–water partition coefficient (Wildman–Crippen LogP) is 3.27. The van der Waals surface area contributed by atoms with Crippen molar-refractivity contribution in [2.45, 2.75) is 6.42 Å². The number of nitrogens with two attached hydrogens (primary N) is 1. The molecule has 102 valence electrons. The minimum atomic E-state index is -0.540. The van der Waals surface area contributed by atoms with E-state index in [-0.39, 0.29) is 11.4 Å². The Balaban J connectivity index is 2.23. The third-order valence-electron chi connectivity index (χ3n) is 2.72. The molecule has 0 saturated carbocycles. The standard InChI is InChI=1S/C15H13FN2O2/c1-19-14-9-15(13(18)8-12(14)16)20-11-4-2-10(3-5-11)6-7-17/h2-5,8-9H,6,18H2,1H3. The lowest BCUT2D eigenvalue weighted by atomic mass is 10.2. The van der Waals surface area contributed by atoms with E-state index in [1.807, 2.05) is 0 Å². The van der Waals surface area contributed by atoms with Gasteiger partial charge >= 0.3 is 0 Å². The Morgan fingerprint density at radius 1 is 1.20 bits per heavy atom. The van der Waals surface area contributed by atoms with Crippen molar-refractivity contribution in [3.63, 3.8) is 0 Å². The van der Waals surface area contributed by atoms with E-state index in [0.717, 1.165) is 11.6 Å². The van der Waals surface area contributed by atoms with Crippen LogP contribution in [0.2, 0.25) is 0 Å². The minimum Gasteiger partial charge on any atom is -0.494 e. The van der Waals surface area contributed by atoms with E-state index in [9.17, 15) is 4.39 Å². The fourth-order valence-corrected chi connectivity index (χ4v) is 1.69. The molecular weight excluding hydrogens is 259 g/mol.